The fraction of sp³-hybridized carbons (Fsp3) is 0. The molecule has 0 radical (unpaired) electrons. The predicted octanol–water partition coefficient (Wildman–Crippen LogP) is 12.4. The number of rotatable bonds is 5. The molecule has 0 spiro atoms. The van der Waals surface area contributed by atoms with Crippen LogP contribution in [0, 0.1) is 0 Å². The highest BCUT2D eigenvalue weighted by molar-refractivity contribution is 6.09. The van der Waals surface area contributed by atoms with Gasteiger partial charge in [-0.15, -0.1) is 0 Å². The third-order valence-electron chi connectivity index (χ3n) is 9.69. The lowest BCUT2D eigenvalue weighted by Crippen LogP contribution is -2.00. The van der Waals surface area contributed by atoms with Gasteiger partial charge in [-0.1, -0.05) is 140 Å². The summed E-state index contributed by atoms with van der Waals surface area (Å²) in [5.41, 5.74) is 8.84. The monoisotopic (exact) mass is 651 g/mol. The molecule has 0 amide bonds. The highest BCUT2D eigenvalue weighted by atomic mass is 16.3. The van der Waals surface area contributed by atoms with E-state index in [4.69, 9.17) is 19.4 Å². The minimum Gasteiger partial charge on any atom is -0.455 e. The number of nitrogens with zero attached hydrogens (tertiary/aromatic N) is 3. The van der Waals surface area contributed by atoms with Gasteiger partial charge >= 0.3 is 0 Å². The van der Waals surface area contributed by atoms with Crippen LogP contribution in [0.15, 0.2) is 180 Å². The van der Waals surface area contributed by atoms with Crippen molar-refractivity contribution in [3.05, 3.63) is 176 Å². The molecular formula is C47H29N3O. The van der Waals surface area contributed by atoms with Crippen molar-refractivity contribution in [2.75, 3.05) is 0 Å². The van der Waals surface area contributed by atoms with Crippen LogP contribution in [0.3, 0.4) is 0 Å². The summed E-state index contributed by atoms with van der Waals surface area (Å²) in [6, 6.07) is 61.2. The first kappa shape index (κ1) is 29.0. The summed E-state index contributed by atoms with van der Waals surface area (Å²) in [4.78, 5) is 15.4. The van der Waals surface area contributed by atoms with Crippen LogP contribution in [0.5, 0.6) is 0 Å². The highest BCUT2D eigenvalue weighted by Gasteiger charge is 2.18. The standard InChI is InChI=1S/C47H29N3O/c1-2-10-30(11-3-1)34-14-8-15-37(27-34)45-48-46(50-47(49-45)42-18-9-17-41-40-16-6-7-19-43(40)51-44(41)42)38-25-22-32-21-24-36(28-39(32)29-38)35-23-20-31-12-4-5-13-33(31)26-35/h1-29H. The fourth-order valence-corrected chi connectivity index (χ4v) is 7.08. The number of aromatic nitrogens is 3. The molecule has 0 aliphatic rings. The quantitative estimate of drug-likeness (QED) is 0.186. The van der Waals surface area contributed by atoms with Crippen LogP contribution >= 0.6 is 0 Å². The van der Waals surface area contributed by atoms with Gasteiger partial charge < -0.3 is 4.42 Å². The normalized spacial score (nSPS) is 11.5. The fourth-order valence-electron chi connectivity index (χ4n) is 7.08. The van der Waals surface area contributed by atoms with Crippen molar-refractivity contribution in [1.82, 2.24) is 15.0 Å². The first-order chi connectivity index (χ1) is 25.2. The van der Waals surface area contributed by atoms with Gasteiger partial charge in [0.25, 0.3) is 0 Å². The van der Waals surface area contributed by atoms with Gasteiger partial charge in [-0.05, 0) is 80.2 Å². The Morgan fingerprint density at radius 3 is 1.67 bits per heavy atom. The maximum atomic E-state index is 6.45. The van der Waals surface area contributed by atoms with E-state index in [1.54, 1.807) is 0 Å². The van der Waals surface area contributed by atoms with E-state index in [1.165, 1.54) is 16.3 Å². The molecule has 0 saturated heterocycles. The lowest BCUT2D eigenvalue weighted by Gasteiger charge is -2.11. The Hall–Kier alpha value is -6.91. The van der Waals surface area contributed by atoms with Crippen molar-refractivity contribution >= 4 is 43.5 Å². The van der Waals surface area contributed by atoms with Crippen LogP contribution in [0.2, 0.25) is 0 Å². The molecular weight excluding hydrogens is 623 g/mol. The van der Waals surface area contributed by atoms with Gasteiger partial charge in [-0.25, -0.2) is 15.0 Å². The lowest BCUT2D eigenvalue weighted by atomic mass is 9.98. The highest BCUT2D eigenvalue weighted by Crippen LogP contribution is 2.37. The molecule has 2 heterocycles. The van der Waals surface area contributed by atoms with Gasteiger partial charge in [0.05, 0.1) is 5.56 Å². The number of hydrogen-bond acceptors (Lipinski definition) is 4. The number of hydrogen-bond donors (Lipinski definition) is 0. The van der Waals surface area contributed by atoms with Crippen molar-refractivity contribution in [1.29, 1.82) is 0 Å². The SMILES string of the molecule is c1ccc(-c2cccc(-c3nc(-c4ccc5ccc(-c6ccc7ccccc7c6)cc5c4)nc(-c4cccc5c4oc4ccccc45)n3)c2)cc1. The summed E-state index contributed by atoms with van der Waals surface area (Å²) in [5, 5.41) is 6.83. The molecule has 10 aromatic rings. The second-order valence-corrected chi connectivity index (χ2v) is 12.9. The van der Waals surface area contributed by atoms with E-state index in [-0.39, 0.29) is 0 Å². The molecule has 0 aliphatic heterocycles. The third-order valence-corrected chi connectivity index (χ3v) is 9.69. The van der Waals surface area contributed by atoms with E-state index in [1.807, 2.05) is 36.4 Å². The summed E-state index contributed by atoms with van der Waals surface area (Å²) in [5.74, 6) is 1.77. The molecule has 0 N–H and O–H groups in total. The number of fused-ring (bicyclic) bond motifs is 5. The van der Waals surface area contributed by atoms with Gasteiger partial charge in [0.1, 0.15) is 11.2 Å². The van der Waals surface area contributed by atoms with Crippen molar-refractivity contribution in [2.24, 2.45) is 0 Å². The number of benzene rings is 8. The van der Waals surface area contributed by atoms with E-state index < -0.39 is 0 Å². The third kappa shape index (κ3) is 5.22. The molecule has 0 atom stereocenters. The van der Waals surface area contributed by atoms with Crippen LogP contribution in [-0.4, -0.2) is 15.0 Å². The van der Waals surface area contributed by atoms with Crippen molar-refractivity contribution in [2.45, 2.75) is 0 Å². The Labute approximate surface area is 294 Å². The van der Waals surface area contributed by atoms with E-state index in [0.717, 1.165) is 66.1 Å². The van der Waals surface area contributed by atoms with Crippen molar-refractivity contribution in [3.63, 3.8) is 0 Å². The molecule has 10 rings (SSSR count). The van der Waals surface area contributed by atoms with Crippen LogP contribution in [0.4, 0.5) is 0 Å². The van der Waals surface area contributed by atoms with Gasteiger partial charge in [-0.3, -0.25) is 0 Å². The second-order valence-electron chi connectivity index (χ2n) is 12.9. The Bertz CT molecular complexity index is 2930. The molecule has 0 saturated carbocycles. The predicted molar refractivity (Wildman–Crippen MR) is 209 cm³/mol. The molecule has 0 unspecified atom stereocenters. The van der Waals surface area contributed by atoms with Crippen LogP contribution in [-0.2, 0) is 0 Å². The summed E-state index contributed by atoms with van der Waals surface area (Å²) in [6.07, 6.45) is 0. The minimum atomic E-state index is 0.565. The zero-order valence-corrected chi connectivity index (χ0v) is 27.5. The first-order valence-corrected chi connectivity index (χ1v) is 17.1. The molecule has 2 aromatic heterocycles. The van der Waals surface area contributed by atoms with Gasteiger partial charge in [-0.2, -0.15) is 0 Å². The molecule has 0 fully saturated rings. The van der Waals surface area contributed by atoms with Gasteiger partial charge in [0, 0.05) is 21.9 Å². The van der Waals surface area contributed by atoms with Gasteiger partial charge in [0.15, 0.2) is 17.5 Å². The Balaban J connectivity index is 1.15. The molecule has 4 nitrogen and oxygen atoms in total. The Morgan fingerprint density at radius 2 is 0.843 bits per heavy atom. The lowest BCUT2D eigenvalue weighted by molar-refractivity contribution is 0.669. The van der Waals surface area contributed by atoms with E-state index >= 15 is 0 Å². The van der Waals surface area contributed by atoms with Gasteiger partial charge in [0.2, 0.25) is 0 Å². The zero-order chi connectivity index (χ0) is 33.7. The Kier molecular flexibility index (Phi) is 6.78. The second kappa shape index (κ2) is 11.9. The topological polar surface area (TPSA) is 51.8 Å². The number of furan rings is 1. The maximum absolute atomic E-state index is 6.45. The maximum Gasteiger partial charge on any atom is 0.167 e. The minimum absolute atomic E-state index is 0.565. The molecule has 8 aromatic carbocycles. The molecule has 4 heteroatoms. The van der Waals surface area contributed by atoms with E-state index in [0.29, 0.717) is 17.5 Å². The van der Waals surface area contributed by atoms with E-state index in [9.17, 15) is 0 Å². The smallest absolute Gasteiger partial charge is 0.167 e. The summed E-state index contributed by atoms with van der Waals surface area (Å²) in [6.45, 7) is 0. The first-order valence-electron chi connectivity index (χ1n) is 17.1. The van der Waals surface area contributed by atoms with Crippen molar-refractivity contribution in [3.8, 4) is 56.4 Å². The molecule has 238 valence electrons. The largest absolute Gasteiger partial charge is 0.455 e. The van der Waals surface area contributed by atoms with E-state index in [2.05, 4.69) is 140 Å². The molecule has 0 aliphatic carbocycles. The average Bonchev–Trinajstić information content (AvgIpc) is 3.59. The summed E-state index contributed by atoms with van der Waals surface area (Å²) >= 11 is 0. The van der Waals surface area contributed by atoms with Crippen LogP contribution in [0.25, 0.3) is 99.9 Å². The summed E-state index contributed by atoms with van der Waals surface area (Å²) < 4.78 is 6.45. The van der Waals surface area contributed by atoms with Crippen molar-refractivity contribution < 1.29 is 4.42 Å². The summed E-state index contributed by atoms with van der Waals surface area (Å²) in [7, 11) is 0. The average molecular weight is 652 g/mol. The van der Waals surface area contributed by atoms with Crippen LogP contribution < -0.4 is 0 Å². The molecule has 0 bridgehead atoms. The van der Waals surface area contributed by atoms with Crippen LogP contribution in [0.1, 0.15) is 0 Å². The molecule has 51 heavy (non-hydrogen) atoms. The number of para-hydroxylation sites is 2. The Morgan fingerprint density at radius 1 is 0.314 bits per heavy atom. The zero-order valence-electron chi connectivity index (χ0n) is 27.5.